The second kappa shape index (κ2) is 11.9. The van der Waals surface area contributed by atoms with Crippen LogP contribution in [0.4, 0.5) is 5.69 Å². The summed E-state index contributed by atoms with van der Waals surface area (Å²) >= 11 is 6.76. The van der Waals surface area contributed by atoms with Gasteiger partial charge in [-0.05, 0) is 12.8 Å². The molecule has 0 atom stereocenters. The Kier molecular flexibility index (Phi) is 9.29. The van der Waals surface area contributed by atoms with E-state index in [2.05, 4.69) is 11.4 Å². The molecule has 1 aliphatic rings. The number of aryl methyl sites for hydroxylation is 1. The fourth-order valence-electron chi connectivity index (χ4n) is 4.00. The fourth-order valence-corrected chi connectivity index (χ4v) is 6.24. The normalized spacial score (nSPS) is 15.4. The SMILES string of the molecule is O=C(CC1CCCCC1)Nc1c(Cl)ccc2nc(CCC[As]CCCO)ccc12. The van der Waals surface area contributed by atoms with Crippen molar-refractivity contribution >= 4 is 49.9 Å². The molecule has 3 rings (SSSR count). The second-order valence-corrected chi connectivity index (χ2v) is 11.1. The van der Waals surface area contributed by atoms with E-state index in [0.29, 0.717) is 45.4 Å². The molecule has 29 heavy (non-hydrogen) atoms. The van der Waals surface area contributed by atoms with Gasteiger partial charge in [0.05, 0.1) is 0 Å². The van der Waals surface area contributed by atoms with Crippen LogP contribution in [-0.4, -0.2) is 38.4 Å². The summed E-state index contributed by atoms with van der Waals surface area (Å²) in [6.45, 7) is 0.309. The van der Waals surface area contributed by atoms with E-state index in [-0.39, 0.29) is 5.91 Å². The molecule has 1 saturated carbocycles. The molecule has 0 saturated heterocycles. The van der Waals surface area contributed by atoms with Gasteiger partial charge in [-0.15, -0.1) is 0 Å². The third-order valence-electron chi connectivity index (χ3n) is 5.56. The number of aliphatic hydroxyl groups is 1. The number of pyridine rings is 1. The number of nitrogens with one attached hydrogen (secondary N) is 1. The maximum absolute atomic E-state index is 12.6. The topological polar surface area (TPSA) is 62.2 Å². The predicted molar refractivity (Wildman–Crippen MR) is 122 cm³/mol. The number of carbonyl (C=O) groups is 1. The third kappa shape index (κ3) is 6.98. The Hall–Kier alpha value is -1.09. The average Bonchev–Trinajstić information content (AvgIpc) is 2.73. The van der Waals surface area contributed by atoms with E-state index in [0.717, 1.165) is 48.7 Å². The number of rotatable bonds is 10. The van der Waals surface area contributed by atoms with Crippen molar-refractivity contribution in [1.82, 2.24) is 4.98 Å². The van der Waals surface area contributed by atoms with Crippen LogP contribution in [0.2, 0.25) is 15.4 Å². The molecule has 1 heterocycles. The first-order valence-electron chi connectivity index (χ1n) is 10.8. The quantitative estimate of drug-likeness (QED) is 0.343. The van der Waals surface area contributed by atoms with E-state index in [4.69, 9.17) is 21.7 Å². The van der Waals surface area contributed by atoms with Gasteiger partial charge >= 0.3 is 154 Å². The Morgan fingerprint density at radius 2 is 1.93 bits per heavy atom. The van der Waals surface area contributed by atoms with Crippen LogP contribution in [0.5, 0.6) is 0 Å². The Balaban J connectivity index is 1.61. The molecule has 1 aliphatic carbocycles. The molecule has 4 nitrogen and oxygen atoms in total. The van der Waals surface area contributed by atoms with Gasteiger partial charge in [-0.3, -0.25) is 0 Å². The number of nitrogens with zero attached hydrogens (tertiary/aromatic N) is 1. The van der Waals surface area contributed by atoms with E-state index in [1.807, 2.05) is 18.2 Å². The van der Waals surface area contributed by atoms with Crippen LogP contribution in [0.15, 0.2) is 24.3 Å². The molecule has 0 unspecified atom stereocenters. The van der Waals surface area contributed by atoms with Crippen molar-refractivity contribution in [2.24, 2.45) is 5.92 Å². The Morgan fingerprint density at radius 1 is 1.14 bits per heavy atom. The minimum atomic E-state index is 0.0570. The van der Waals surface area contributed by atoms with Gasteiger partial charge < -0.3 is 0 Å². The van der Waals surface area contributed by atoms with Gasteiger partial charge in [0.1, 0.15) is 0 Å². The Labute approximate surface area is 185 Å². The van der Waals surface area contributed by atoms with Gasteiger partial charge in [-0.1, -0.05) is 19.3 Å². The van der Waals surface area contributed by atoms with Gasteiger partial charge in [0.25, 0.3) is 0 Å². The molecule has 2 aromatic rings. The molecule has 2 N–H and O–H groups in total. The van der Waals surface area contributed by atoms with Crippen molar-refractivity contribution in [3.63, 3.8) is 0 Å². The first kappa shape index (κ1) is 22.6. The van der Waals surface area contributed by atoms with Crippen LogP contribution in [-0.2, 0) is 11.2 Å². The van der Waals surface area contributed by atoms with Crippen molar-refractivity contribution in [2.75, 3.05) is 11.9 Å². The van der Waals surface area contributed by atoms with Gasteiger partial charge in [0, 0.05) is 0 Å². The zero-order chi connectivity index (χ0) is 20.5. The van der Waals surface area contributed by atoms with E-state index in [1.54, 1.807) is 0 Å². The van der Waals surface area contributed by atoms with Gasteiger partial charge in [0.15, 0.2) is 0 Å². The van der Waals surface area contributed by atoms with Crippen LogP contribution >= 0.6 is 11.6 Å². The molecular formula is C23H31AsClN2O2. The summed E-state index contributed by atoms with van der Waals surface area (Å²) < 4.78 is 0. The number of hydrogen-bond donors (Lipinski definition) is 2. The summed E-state index contributed by atoms with van der Waals surface area (Å²) in [4.78, 5) is 17.4. The molecular weight excluding hydrogens is 447 g/mol. The molecule has 0 bridgehead atoms. The van der Waals surface area contributed by atoms with Crippen LogP contribution in [0.3, 0.4) is 0 Å². The Morgan fingerprint density at radius 3 is 2.72 bits per heavy atom. The number of aromatic nitrogens is 1. The molecule has 1 amide bonds. The van der Waals surface area contributed by atoms with Gasteiger partial charge in [-0.25, -0.2) is 0 Å². The van der Waals surface area contributed by atoms with Crippen molar-refractivity contribution < 1.29 is 9.90 Å². The summed E-state index contributed by atoms with van der Waals surface area (Å²) in [5.74, 6) is 0.559. The maximum atomic E-state index is 12.6. The van der Waals surface area contributed by atoms with E-state index in [1.165, 1.54) is 29.7 Å². The molecule has 1 aromatic heterocycles. The number of aliphatic hydroxyl groups excluding tert-OH is 1. The number of anilines is 1. The number of hydrogen-bond acceptors (Lipinski definition) is 3. The van der Waals surface area contributed by atoms with Crippen LogP contribution in [0, 0.1) is 5.92 Å². The van der Waals surface area contributed by atoms with Gasteiger partial charge in [0.2, 0.25) is 0 Å². The molecule has 1 aromatic carbocycles. The zero-order valence-electron chi connectivity index (χ0n) is 17.0. The number of carbonyl (C=O) groups excluding carboxylic acids is 1. The van der Waals surface area contributed by atoms with Crippen LogP contribution in [0.1, 0.15) is 57.1 Å². The van der Waals surface area contributed by atoms with Gasteiger partial charge in [-0.2, -0.15) is 0 Å². The van der Waals surface area contributed by atoms with Crippen molar-refractivity contribution in [3.05, 3.63) is 35.0 Å². The van der Waals surface area contributed by atoms with Crippen molar-refractivity contribution in [1.29, 1.82) is 0 Å². The number of amides is 1. The van der Waals surface area contributed by atoms with Crippen LogP contribution in [0.25, 0.3) is 10.9 Å². The summed E-state index contributed by atoms with van der Waals surface area (Å²) in [6, 6.07) is 7.86. The number of fused-ring (bicyclic) bond motifs is 1. The summed E-state index contributed by atoms with van der Waals surface area (Å²) in [5, 5.41) is 15.8. The van der Waals surface area contributed by atoms with Crippen molar-refractivity contribution in [3.8, 4) is 0 Å². The molecule has 0 aliphatic heterocycles. The molecule has 1 fully saturated rings. The summed E-state index contributed by atoms with van der Waals surface area (Å²) in [6.07, 6.45) is 9.71. The number of benzene rings is 1. The van der Waals surface area contributed by atoms with E-state index >= 15 is 0 Å². The van der Waals surface area contributed by atoms with E-state index < -0.39 is 0 Å². The average molecular weight is 478 g/mol. The monoisotopic (exact) mass is 477 g/mol. The first-order chi connectivity index (χ1) is 14.2. The predicted octanol–water partition coefficient (Wildman–Crippen LogP) is 5.65. The molecule has 1 radical (unpaired) electrons. The fraction of sp³-hybridized carbons (Fsp3) is 0.565. The van der Waals surface area contributed by atoms with E-state index in [9.17, 15) is 4.79 Å². The molecule has 0 spiro atoms. The van der Waals surface area contributed by atoms with Crippen LogP contribution < -0.4 is 5.32 Å². The summed E-state index contributed by atoms with van der Waals surface area (Å²) in [5.41, 5.74) is 2.66. The summed E-state index contributed by atoms with van der Waals surface area (Å²) in [7, 11) is 0. The van der Waals surface area contributed by atoms with Crippen molar-refractivity contribution in [2.45, 2.75) is 68.2 Å². The Bertz CT molecular complexity index is 809. The standard InChI is InChI=1S/C23H31AsClN2O2/c25-20-11-12-21-19(10-9-18(26-21)8-4-13-24-14-5-15-28)23(20)27-22(29)16-17-6-2-1-3-7-17/h9-12,17,28H,1-8,13-16H2,(H,27,29). The zero-order valence-corrected chi connectivity index (χ0v) is 19.6. The first-order valence-corrected chi connectivity index (χ1v) is 13.8. The molecule has 157 valence electrons. The second-order valence-electron chi connectivity index (χ2n) is 7.90. The minimum absolute atomic E-state index is 0.0570. The number of halogens is 1. The molecule has 6 heteroatoms. The third-order valence-corrected chi connectivity index (χ3v) is 8.53.